The lowest BCUT2D eigenvalue weighted by Crippen LogP contribution is -2.31. The Labute approximate surface area is 180 Å². The van der Waals surface area contributed by atoms with Gasteiger partial charge in [0.2, 0.25) is 17.1 Å². The number of piperidine rings is 1. The molecular weight excluding hydrogens is 400 g/mol. The summed E-state index contributed by atoms with van der Waals surface area (Å²) in [5.41, 5.74) is 0. The van der Waals surface area contributed by atoms with E-state index < -0.39 is 0 Å². The molecule has 0 amide bonds. The normalized spacial score (nSPS) is 14.0. The Hall–Kier alpha value is -2.88. The maximum atomic E-state index is 5.71. The van der Waals surface area contributed by atoms with E-state index in [4.69, 9.17) is 4.74 Å². The van der Waals surface area contributed by atoms with Crippen LogP contribution in [0.5, 0.6) is 5.75 Å². The smallest absolute Gasteiger partial charge is 0.258 e. The summed E-state index contributed by atoms with van der Waals surface area (Å²) in [5.74, 6) is 3.34. The maximum absolute atomic E-state index is 5.71. The molecule has 1 saturated heterocycles. The van der Waals surface area contributed by atoms with Gasteiger partial charge in [0.15, 0.2) is 0 Å². The highest BCUT2D eigenvalue weighted by molar-refractivity contribution is 7.99. The SMILES string of the molecule is CCNc1nc(N2CCCCC2)nc(-n2cnc(SCCOc3ccccc3)n2)n1. The van der Waals surface area contributed by atoms with E-state index in [1.165, 1.54) is 18.2 Å². The van der Waals surface area contributed by atoms with Crippen molar-refractivity contribution in [2.45, 2.75) is 31.3 Å². The minimum atomic E-state index is 0.474. The van der Waals surface area contributed by atoms with Crippen molar-refractivity contribution in [2.24, 2.45) is 0 Å². The van der Waals surface area contributed by atoms with Crippen molar-refractivity contribution in [1.82, 2.24) is 29.7 Å². The van der Waals surface area contributed by atoms with Gasteiger partial charge in [-0.1, -0.05) is 30.0 Å². The Balaban J connectivity index is 1.41. The third-order valence-corrected chi connectivity index (χ3v) is 5.40. The van der Waals surface area contributed by atoms with Crippen LogP contribution in [0.2, 0.25) is 0 Å². The molecule has 4 rings (SSSR count). The number of para-hydroxylation sites is 1. The van der Waals surface area contributed by atoms with Crippen LogP contribution < -0.4 is 15.0 Å². The molecule has 0 saturated carbocycles. The van der Waals surface area contributed by atoms with Gasteiger partial charge in [-0.25, -0.2) is 4.98 Å². The Morgan fingerprint density at radius 2 is 1.83 bits per heavy atom. The minimum Gasteiger partial charge on any atom is -0.493 e. The van der Waals surface area contributed by atoms with Gasteiger partial charge in [0, 0.05) is 25.4 Å². The zero-order valence-corrected chi connectivity index (χ0v) is 17.9. The lowest BCUT2D eigenvalue weighted by Gasteiger charge is -2.26. The van der Waals surface area contributed by atoms with Crippen LogP contribution in [-0.2, 0) is 0 Å². The molecule has 158 valence electrons. The van der Waals surface area contributed by atoms with Crippen molar-refractivity contribution in [3.05, 3.63) is 36.7 Å². The van der Waals surface area contributed by atoms with Crippen molar-refractivity contribution >= 4 is 23.7 Å². The zero-order chi connectivity index (χ0) is 20.6. The molecule has 1 fully saturated rings. The topological polar surface area (TPSA) is 93.9 Å². The van der Waals surface area contributed by atoms with Crippen molar-refractivity contribution in [2.75, 3.05) is 42.2 Å². The zero-order valence-electron chi connectivity index (χ0n) is 17.1. The summed E-state index contributed by atoms with van der Waals surface area (Å²) >= 11 is 1.54. The third-order valence-electron chi connectivity index (χ3n) is 4.59. The molecule has 1 aliphatic rings. The molecule has 1 N–H and O–H groups in total. The average molecular weight is 427 g/mol. The quantitative estimate of drug-likeness (QED) is 0.409. The number of ether oxygens (including phenoxy) is 1. The van der Waals surface area contributed by atoms with Crippen LogP contribution >= 0.6 is 11.8 Å². The highest BCUT2D eigenvalue weighted by Crippen LogP contribution is 2.19. The number of anilines is 2. The van der Waals surface area contributed by atoms with Crippen LogP contribution in [-0.4, -0.2) is 61.7 Å². The fraction of sp³-hybridized carbons (Fsp3) is 0.450. The Morgan fingerprint density at radius 1 is 1.03 bits per heavy atom. The maximum Gasteiger partial charge on any atom is 0.258 e. The molecule has 10 heteroatoms. The highest BCUT2D eigenvalue weighted by Gasteiger charge is 2.17. The van der Waals surface area contributed by atoms with Gasteiger partial charge in [0.05, 0.1) is 6.61 Å². The van der Waals surface area contributed by atoms with E-state index in [9.17, 15) is 0 Å². The van der Waals surface area contributed by atoms with Crippen LogP contribution in [0, 0.1) is 0 Å². The van der Waals surface area contributed by atoms with E-state index in [1.807, 2.05) is 37.3 Å². The van der Waals surface area contributed by atoms with Gasteiger partial charge in [0.25, 0.3) is 5.95 Å². The molecule has 0 spiro atoms. The van der Waals surface area contributed by atoms with E-state index in [-0.39, 0.29) is 0 Å². The molecule has 0 bridgehead atoms. The molecule has 1 aromatic carbocycles. The summed E-state index contributed by atoms with van der Waals surface area (Å²) in [5, 5.41) is 8.38. The Kier molecular flexibility index (Phi) is 6.96. The third kappa shape index (κ3) is 5.38. The van der Waals surface area contributed by atoms with Gasteiger partial charge in [-0.3, -0.25) is 0 Å². The van der Waals surface area contributed by atoms with Crippen LogP contribution in [0.4, 0.5) is 11.9 Å². The van der Waals surface area contributed by atoms with Crippen molar-refractivity contribution in [3.8, 4) is 11.7 Å². The van der Waals surface area contributed by atoms with E-state index >= 15 is 0 Å². The standard InChI is InChI=1S/C20H26N8OS/c1-2-21-17-23-18(27-11-7-4-8-12-27)25-19(24-17)28-15-22-20(26-28)30-14-13-29-16-9-5-3-6-10-16/h3,5-6,9-10,15H,2,4,7-8,11-14H2,1H3,(H,21,23,24,25). The van der Waals surface area contributed by atoms with Gasteiger partial charge in [-0.05, 0) is 38.3 Å². The molecule has 0 radical (unpaired) electrons. The lowest BCUT2D eigenvalue weighted by atomic mass is 10.1. The molecule has 0 unspecified atom stereocenters. The summed E-state index contributed by atoms with van der Waals surface area (Å²) < 4.78 is 7.32. The number of hydrogen-bond donors (Lipinski definition) is 1. The van der Waals surface area contributed by atoms with E-state index in [0.29, 0.717) is 29.6 Å². The largest absolute Gasteiger partial charge is 0.493 e. The van der Waals surface area contributed by atoms with E-state index in [1.54, 1.807) is 11.0 Å². The van der Waals surface area contributed by atoms with E-state index in [0.717, 1.165) is 44.0 Å². The van der Waals surface area contributed by atoms with Crippen LogP contribution in [0.1, 0.15) is 26.2 Å². The highest BCUT2D eigenvalue weighted by atomic mass is 32.2. The first-order valence-electron chi connectivity index (χ1n) is 10.3. The molecule has 3 heterocycles. The summed E-state index contributed by atoms with van der Waals surface area (Å²) in [6, 6.07) is 9.78. The molecule has 2 aromatic heterocycles. The van der Waals surface area contributed by atoms with Crippen molar-refractivity contribution in [1.29, 1.82) is 0 Å². The lowest BCUT2D eigenvalue weighted by molar-refractivity contribution is 0.344. The molecule has 0 atom stereocenters. The fourth-order valence-electron chi connectivity index (χ4n) is 3.15. The summed E-state index contributed by atoms with van der Waals surface area (Å²) in [7, 11) is 0. The fourth-order valence-corrected chi connectivity index (χ4v) is 3.77. The second-order valence-corrected chi connectivity index (χ2v) is 7.88. The molecule has 3 aromatic rings. The van der Waals surface area contributed by atoms with Crippen LogP contribution in [0.3, 0.4) is 0 Å². The predicted molar refractivity (Wildman–Crippen MR) is 118 cm³/mol. The number of benzene rings is 1. The van der Waals surface area contributed by atoms with Gasteiger partial charge in [-0.15, -0.1) is 5.10 Å². The molecule has 1 aliphatic heterocycles. The van der Waals surface area contributed by atoms with Crippen molar-refractivity contribution in [3.63, 3.8) is 0 Å². The van der Waals surface area contributed by atoms with Gasteiger partial charge < -0.3 is 15.0 Å². The Morgan fingerprint density at radius 3 is 2.63 bits per heavy atom. The van der Waals surface area contributed by atoms with Crippen molar-refractivity contribution < 1.29 is 4.74 Å². The Bertz CT molecular complexity index is 930. The van der Waals surface area contributed by atoms with Gasteiger partial charge >= 0.3 is 0 Å². The van der Waals surface area contributed by atoms with E-state index in [2.05, 4.69) is 35.3 Å². The number of aromatic nitrogens is 6. The second-order valence-electron chi connectivity index (χ2n) is 6.82. The molecule has 9 nitrogen and oxygen atoms in total. The van der Waals surface area contributed by atoms with Gasteiger partial charge in [0.1, 0.15) is 12.1 Å². The van der Waals surface area contributed by atoms with Crippen LogP contribution in [0.25, 0.3) is 5.95 Å². The first-order chi connectivity index (χ1) is 14.8. The molecule has 30 heavy (non-hydrogen) atoms. The molecule has 0 aliphatic carbocycles. The summed E-state index contributed by atoms with van der Waals surface area (Å²) in [6.07, 6.45) is 5.22. The number of hydrogen-bond acceptors (Lipinski definition) is 9. The number of nitrogens with zero attached hydrogens (tertiary/aromatic N) is 7. The number of nitrogens with one attached hydrogen (secondary N) is 1. The number of thioether (sulfide) groups is 1. The van der Waals surface area contributed by atoms with Crippen LogP contribution in [0.15, 0.2) is 41.8 Å². The summed E-state index contributed by atoms with van der Waals surface area (Å²) in [4.78, 5) is 20.3. The first-order valence-corrected chi connectivity index (χ1v) is 11.3. The first kappa shape index (κ1) is 20.4. The molecular formula is C20H26N8OS. The summed E-state index contributed by atoms with van der Waals surface area (Å²) in [6.45, 7) is 5.27. The van der Waals surface area contributed by atoms with Gasteiger partial charge in [-0.2, -0.15) is 19.6 Å². The second kappa shape index (κ2) is 10.2. The monoisotopic (exact) mass is 426 g/mol. The predicted octanol–water partition coefficient (Wildman–Crippen LogP) is 3.05. The average Bonchev–Trinajstić information content (AvgIpc) is 3.27. The number of rotatable bonds is 9. The minimum absolute atomic E-state index is 0.474.